The lowest BCUT2D eigenvalue weighted by Gasteiger charge is -2.20. The number of nitrogens with zero attached hydrogens (tertiary/aromatic N) is 3. The summed E-state index contributed by atoms with van der Waals surface area (Å²) in [6.45, 7) is 4.88. The number of thiazole rings is 1. The summed E-state index contributed by atoms with van der Waals surface area (Å²) in [4.78, 5) is 4.80. The Morgan fingerprint density at radius 1 is 1.40 bits per heavy atom. The van der Waals surface area contributed by atoms with Crippen molar-refractivity contribution in [2.75, 3.05) is 18.5 Å². The van der Waals surface area contributed by atoms with Crippen LogP contribution >= 0.6 is 11.3 Å². The third-order valence-corrected chi connectivity index (χ3v) is 5.57. The molecule has 0 atom stereocenters. The zero-order chi connectivity index (χ0) is 14.8. The average molecular weight is 317 g/mol. The molecule has 2 aromatic rings. The Morgan fingerprint density at radius 2 is 2.05 bits per heavy atom. The third kappa shape index (κ3) is 2.53. The second kappa shape index (κ2) is 6.08. The van der Waals surface area contributed by atoms with Crippen LogP contribution in [0.15, 0.2) is 16.6 Å². The van der Waals surface area contributed by atoms with E-state index >= 15 is 0 Å². The van der Waals surface area contributed by atoms with Crippen LogP contribution in [0.3, 0.4) is 0 Å². The van der Waals surface area contributed by atoms with Crippen LogP contribution in [0.25, 0.3) is 4.96 Å². The van der Waals surface area contributed by atoms with Gasteiger partial charge < -0.3 is 5.43 Å². The number of sulfonamides is 1. The zero-order valence-corrected chi connectivity index (χ0v) is 13.2. The van der Waals surface area contributed by atoms with Gasteiger partial charge in [0.15, 0.2) is 10.8 Å². The summed E-state index contributed by atoms with van der Waals surface area (Å²) in [6.07, 6.45) is 3.21. The molecule has 7 nitrogen and oxygen atoms in total. The Balaban J connectivity index is 2.56. The van der Waals surface area contributed by atoms with E-state index in [1.165, 1.54) is 15.6 Å². The summed E-state index contributed by atoms with van der Waals surface area (Å²) in [5, 5.41) is 1.91. The Morgan fingerprint density at radius 3 is 2.60 bits per heavy atom. The van der Waals surface area contributed by atoms with Gasteiger partial charge >= 0.3 is 0 Å². The normalized spacial score (nSPS) is 12.4. The fraction of sp³-hybridized carbons (Fsp3) is 0.545. The number of imidazole rings is 1. The van der Waals surface area contributed by atoms with E-state index in [-0.39, 0.29) is 10.8 Å². The fourth-order valence-corrected chi connectivity index (χ4v) is 4.69. The van der Waals surface area contributed by atoms with Gasteiger partial charge in [-0.1, -0.05) is 13.8 Å². The highest BCUT2D eigenvalue weighted by molar-refractivity contribution is 7.89. The molecule has 2 aromatic heterocycles. The highest BCUT2D eigenvalue weighted by Gasteiger charge is 2.31. The van der Waals surface area contributed by atoms with Crippen molar-refractivity contribution in [1.82, 2.24) is 13.7 Å². The lowest BCUT2D eigenvalue weighted by molar-refractivity contribution is 0.408. The number of hydrazine groups is 1. The van der Waals surface area contributed by atoms with Crippen molar-refractivity contribution >= 4 is 32.1 Å². The predicted octanol–water partition coefficient (Wildman–Crippen LogP) is 1.49. The van der Waals surface area contributed by atoms with Crippen LogP contribution in [0.1, 0.15) is 26.7 Å². The molecule has 0 aliphatic rings. The van der Waals surface area contributed by atoms with E-state index in [2.05, 4.69) is 10.4 Å². The molecule has 0 unspecified atom stereocenters. The smallest absolute Gasteiger partial charge is 0.262 e. The average Bonchev–Trinajstić information content (AvgIpc) is 2.97. The summed E-state index contributed by atoms with van der Waals surface area (Å²) >= 11 is 1.37. The van der Waals surface area contributed by atoms with Crippen LogP contribution < -0.4 is 11.3 Å². The van der Waals surface area contributed by atoms with Crippen molar-refractivity contribution in [2.24, 2.45) is 5.84 Å². The summed E-state index contributed by atoms with van der Waals surface area (Å²) in [5.41, 5.74) is 2.39. The largest absolute Gasteiger partial charge is 0.306 e. The SMILES string of the molecule is CCCN(CCC)S(=O)(=O)c1c(NN)nc2sccn12. The molecule has 0 aromatic carbocycles. The first-order chi connectivity index (χ1) is 9.56. The first-order valence-electron chi connectivity index (χ1n) is 6.48. The molecule has 0 fully saturated rings. The van der Waals surface area contributed by atoms with Crippen LogP contribution in [0.5, 0.6) is 0 Å². The minimum atomic E-state index is -3.62. The van der Waals surface area contributed by atoms with Crippen LogP contribution in [0.2, 0.25) is 0 Å². The minimum absolute atomic E-state index is 0.109. The lowest BCUT2D eigenvalue weighted by atomic mass is 10.4. The zero-order valence-electron chi connectivity index (χ0n) is 11.5. The van der Waals surface area contributed by atoms with E-state index in [0.29, 0.717) is 18.1 Å². The Hall–Kier alpha value is -1.16. The maximum atomic E-state index is 12.8. The molecule has 0 amide bonds. The number of hydrogen-bond donors (Lipinski definition) is 2. The van der Waals surface area contributed by atoms with Gasteiger partial charge in [-0.15, -0.1) is 11.3 Å². The molecule has 3 N–H and O–H groups in total. The predicted molar refractivity (Wildman–Crippen MR) is 80.2 cm³/mol. The van der Waals surface area contributed by atoms with Crippen molar-refractivity contribution in [2.45, 2.75) is 31.7 Å². The molecule has 0 bridgehead atoms. The van der Waals surface area contributed by atoms with Gasteiger partial charge in [-0.3, -0.25) is 4.40 Å². The van der Waals surface area contributed by atoms with Gasteiger partial charge in [0, 0.05) is 24.7 Å². The first kappa shape index (κ1) is 15.2. The molecule has 0 aliphatic carbocycles. The molecule has 112 valence electrons. The van der Waals surface area contributed by atoms with E-state index in [0.717, 1.165) is 12.8 Å². The molecule has 20 heavy (non-hydrogen) atoms. The summed E-state index contributed by atoms with van der Waals surface area (Å²) in [5.74, 6) is 5.60. The monoisotopic (exact) mass is 317 g/mol. The van der Waals surface area contributed by atoms with Crippen molar-refractivity contribution in [3.05, 3.63) is 11.6 Å². The number of nitrogens with one attached hydrogen (secondary N) is 1. The fourth-order valence-electron chi connectivity index (χ4n) is 2.08. The van der Waals surface area contributed by atoms with E-state index in [1.807, 2.05) is 13.8 Å². The second-order valence-corrected chi connectivity index (χ2v) is 7.10. The quantitative estimate of drug-likeness (QED) is 0.596. The molecule has 0 saturated heterocycles. The van der Waals surface area contributed by atoms with Crippen LogP contribution in [-0.2, 0) is 10.0 Å². The third-order valence-electron chi connectivity index (χ3n) is 2.89. The van der Waals surface area contributed by atoms with Crippen molar-refractivity contribution in [3.8, 4) is 0 Å². The van der Waals surface area contributed by atoms with E-state index in [9.17, 15) is 8.42 Å². The summed E-state index contributed by atoms with van der Waals surface area (Å²) in [6, 6.07) is 0. The van der Waals surface area contributed by atoms with Gasteiger partial charge in [-0.25, -0.2) is 14.3 Å². The van der Waals surface area contributed by atoms with E-state index in [1.54, 1.807) is 16.0 Å². The number of rotatable bonds is 7. The van der Waals surface area contributed by atoms with Gasteiger partial charge in [0.05, 0.1) is 0 Å². The molecule has 0 aliphatic heterocycles. The molecule has 2 rings (SSSR count). The molecule has 9 heteroatoms. The number of nitrogens with two attached hydrogens (primary N) is 1. The van der Waals surface area contributed by atoms with Crippen LogP contribution in [-0.4, -0.2) is 35.2 Å². The van der Waals surface area contributed by atoms with Gasteiger partial charge in [-0.05, 0) is 12.8 Å². The molecule has 0 saturated carbocycles. The Kier molecular flexibility index (Phi) is 4.63. The minimum Gasteiger partial charge on any atom is -0.306 e. The van der Waals surface area contributed by atoms with Gasteiger partial charge in [0.1, 0.15) is 0 Å². The van der Waals surface area contributed by atoms with E-state index in [4.69, 9.17) is 5.84 Å². The molecular weight excluding hydrogens is 298 g/mol. The molecule has 0 radical (unpaired) electrons. The number of anilines is 1. The molecule has 2 heterocycles. The Labute approximate surface area is 122 Å². The highest BCUT2D eigenvalue weighted by atomic mass is 32.2. The van der Waals surface area contributed by atoms with Gasteiger partial charge in [0.2, 0.25) is 5.03 Å². The number of hydrogen-bond acceptors (Lipinski definition) is 6. The summed E-state index contributed by atoms with van der Waals surface area (Å²) in [7, 11) is -3.62. The molecular formula is C11H19N5O2S2. The summed E-state index contributed by atoms with van der Waals surface area (Å²) < 4.78 is 28.7. The van der Waals surface area contributed by atoms with Crippen molar-refractivity contribution < 1.29 is 8.42 Å². The number of aromatic nitrogens is 2. The van der Waals surface area contributed by atoms with Gasteiger partial charge in [0.25, 0.3) is 10.0 Å². The van der Waals surface area contributed by atoms with Crippen molar-refractivity contribution in [3.63, 3.8) is 0 Å². The highest BCUT2D eigenvalue weighted by Crippen LogP contribution is 2.27. The Bertz CT molecular complexity index is 670. The first-order valence-corrected chi connectivity index (χ1v) is 8.80. The maximum Gasteiger partial charge on any atom is 0.262 e. The number of fused-ring (bicyclic) bond motifs is 1. The van der Waals surface area contributed by atoms with E-state index < -0.39 is 10.0 Å². The second-order valence-electron chi connectivity index (χ2n) is 4.37. The van der Waals surface area contributed by atoms with Crippen LogP contribution in [0.4, 0.5) is 5.82 Å². The lowest BCUT2D eigenvalue weighted by Crippen LogP contribution is -2.34. The van der Waals surface area contributed by atoms with Crippen molar-refractivity contribution in [1.29, 1.82) is 0 Å². The standard InChI is InChI=1S/C11H19N5O2S2/c1-3-5-15(6-4-2)20(17,18)10-9(14-12)13-11-16(10)7-8-19-11/h7-8,14H,3-6,12H2,1-2H3. The topological polar surface area (TPSA) is 92.7 Å². The molecule has 0 spiro atoms. The van der Waals surface area contributed by atoms with Gasteiger partial charge in [-0.2, -0.15) is 9.29 Å². The maximum absolute atomic E-state index is 12.8. The van der Waals surface area contributed by atoms with Crippen LogP contribution in [0, 0.1) is 0 Å². The number of nitrogen functional groups attached to an aromatic ring is 1.